The number of Topliss-reactive ketones (excluding diaryl/α,β-unsaturated/α-hetero) is 1. The third-order valence-electron chi connectivity index (χ3n) is 4.66. The van der Waals surface area contributed by atoms with Crippen LogP contribution >= 0.6 is 0 Å². The van der Waals surface area contributed by atoms with E-state index in [-0.39, 0.29) is 18.0 Å². The average Bonchev–Trinajstić information content (AvgIpc) is 3.14. The topological polar surface area (TPSA) is 127 Å². The molecule has 9 nitrogen and oxygen atoms in total. The number of aromatic hydroxyl groups is 1. The summed E-state index contributed by atoms with van der Waals surface area (Å²) in [5.74, 6) is 0.328. The zero-order chi connectivity index (χ0) is 21.9. The molecule has 0 atom stereocenters. The van der Waals surface area contributed by atoms with E-state index in [0.717, 1.165) is 19.3 Å². The number of aryl methyl sites for hydroxylation is 2. The number of nitrogens with zero attached hydrogens (tertiary/aromatic N) is 4. The molecule has 0 amide bonds. The fourth-order valence-corrected chi connectivity index (χ4v) is 3.10. The molecule has 0 aliphatic rings. The summed E-state index contributed by atoms with van der Waals surface area (Å²) in [5.41, 5.74) is 1.00. The molecule has 2 rings (SSSR count). The lowest BCUT2D eigenvalue weighted by molar-refractivity contribution is -0.137. The monoisotopic (exact) mass is 418 g/mol. The van der Waals surface area contributed by atoms with Crippen molar-refractivity contribution in [1.82, 2.24) is 20.2 Å². The molecule has 0 unspecified atom stereocenters. The maximum Gasteiger partial charge on any atom is 0.303 e. The van der Waals surface area contributed by atoms with Crippen molar-refractivity contribution in [3.05, 3.63) is 29.1 Å². The summed E-state index contributed by atoms with van der Waals surface area (Å²) in [6.07, 6.45) is 5.20. The standard InChI is InChI=1S/C21H30N4O5/c1-3-8-17-18(12-11-16(15(2)26)21(17)29)30-14-7-5-9-19-22-24-25(23-19)13-6-4-10-20(27)28/h11-12,29H,3-10,13-14H2,1-2H3,(H,27,28). The lowest BCUT2D eigenvalue weighted by atomic mass is 10.0. The van der Waals surface area contributed by atoms with Gasteiger partial charge in [0.1, 0.15) is 11.5 Å². The Bertz CT molecular complexity index is 850. The number of carboxylic acid groups (broad SMARTS) is 1. The molecule has 1 aromatic heterocycles. The van der Waals surface area contributed by atoms with E-state index in [2.05, 4.69) is 15.4 Å². The number of aliphatic carboxylic acids is 1. The Morgan fingerprint density at radius 1 is 1.13 bits per heavy atom. The van der Waals surface area contributed by atoms with E-state index in [4.69, 9.17) is 9.84 Å². The maximum atomic E-state index is 11.6. The van der Waals surface area contributed by atoms with Gasteiger partial charge in [-0.15, -0.1) is 10.2 Å². The molecule has 9 heteroatoms. The summed E-state index contributed by atoms with van der Waals surface area (Å²) in [6, 6.07) is 3.35. The number of ketones is 1. The number of carboxylic acids is 1. The third-order valence-corrected chi connectivity index (χ3v) is 4.66. The van der Waals surface area contributed by atoms with Gasteiger partial charge < -0.3 is 14.9 Å². The molecule has 0 fully saturated rings. The lowest BCUT2D eigenvalue weighted by Gasteiger charge is -2.14. The number of hydrogen-bond acceptors (Lipinski definition) is 7. The van der Waals surface area contributed by atoms with Crippen LogP contribution in [-0.2, 0) is 24.2 Å². The number of phenols is 1. The van der Waals surface area contributed by atoms with E-state index in [1.54, 1.807) is 12.1 Å². The molecule has 30 heavy (non-hydrogen) atoms. The van der Waals surface area contributed by atoms with Gasteiger partial charge >= 0.3 is 5.97 Å². The predicted octanol–water partition coefficient (Wildman–Crippen LogP) is 3.19. The Morgan fingerprint density at radius 3 is 2.63 bits per heavy atom. The minimum atomic E-state index is -0.795. The number of tetrazole rings is 1. The minimum Gasteiger partial charge on any atom is -0.507 e. The highest BCUT2D eigenvalue weighted by Gasteiger charge is 2.15. The quantitative estimate of drug-likeness (QED) is 0.354. The molecular weight excluding hydrogens is 388 g/mol. The van der Waals surface area contributed by atoms with E-state index in [0.29, 0.717) is 61.5 Å². The molecule has 0 spiro atoms. The van der Waals surface area contributed by atoms with Gasteiger partial charge in [0.05, 0.1) is 18.7 Å². The summed E-state index contributed by atoms with van der Waals surface area (Å²) in [7, 11) is 0. The van der Waals surface area contributed by atoms with Gasteiger partial charge in [0.2, 0.25) is 0 Å². The smallest absolute Gasteiger partial charge is 0.303 e. The van der Waals surface area contributed by atoms with Crippen molar-refractivity contribution in [1.29, 1.82) is 0 Å². The van der Waals surface area contributed by atoms with Crippen molar-refractivity contribution in [2.45, 2.75) is 71.8 Å². The first kappa shape index (κ1) is 23.3. The highest BCUT2D eigenvalue weighted by Crippen LogP contribution is 2.33. The number of benzene rings is 1. The second-order valence-corrected chi connectivity index (χ2v) is 7.20. The van der Waals surface area contributed by atoms with Gasteiger partial charge in [-0.2, -0.15) is 4.80 Å². The van der Waals surface area contributed by atoms with E-state index in [9.17, 15) is 14.7 Å². The molecule has 2 N–H and O–H groups in total. The summed E-state index contributed by atoms with van der Waals surface area (Å²) in [5, 5.41) is 31.3. The van der Waals surface area contributed by atoms with Crippen molar-refractivity contribution in [3.63, 3.8) is 0 Å². The number of rotatable bonds is 14. The Balaban J connectivity index is 1.76. The molecule has 0 saturated heterocycles. The van der Waals surface area contributed by atoms with Crippen molar-refractivity contribution < 1.29 is 24.5 Å². The zero-order valence-corrected chi connectivity index (χ0v) is 17.6. The number of carbonyl (C=O) groups excluding carboxylic acids is 1. The van der Waals surface area contributed by atoms with E-state index < -0.39 is 5.97 Å². The van der Waals surface area contributed by atoms with Crippen molar-refractivity contribution in [2.75, 3.05) is 6.61 Å². The SMILES string of the molecule is CCCc1c(OCCCCc2nnn(CCCCC(=O)O)n2)ccc(C(C)=O)c1O. The number of unbranched alkanes of at least 4 members (excludes halogenated alkanes) is 2. The van der Waals surface area contributed by atoms with Crippen LogP contribution in [0.3, 0.4) is 0 Å². The van der Waals surface area contributed by atoms with Crippen LogP contribution in [0.2, 0.25) is 0 Å². The van der Waals surface area contributed by atoms with Gasteiger partial charge in [0, 0.05) is 18.4 Å². The molecule has 2 aromatic rings. The van der Waals surface area contributed by atoms with Crippen LogP contribution in [0.25, 0.3) is 0 Å². The van der Waals surface area contributed by atoms with Crippen LogP contribution in [0.1, 0.15) is 74.1 Å². The molecule has 0 radical (unpaired) electrons. The number of ether oxygens (including phenoxy) is 1. The van der Waals surface area contributed by atoms with E-state index in [1.165, 1.54) is 11.7 Å². The van der Waals surface area contributed by atoms with Crippen LogP contribution in [0.15, 0.2) is 12.1 Å². The average molecular weight is 418 g/mol. The van der Waals surface area contributed by atoms with Gasteiger partial charge in [-0.05, 0) is 56.4 Å². The number of hydrogen-bond donors (Lipinski definition) is 2. The summed E-state index contributed by atoms with van der Waals surface area (Å²) < 4.78 is 5.85. The van der Waals surface area contributed by atoms with Gasteiger partial charge in [-0.25, -0.2) is 0 Å². The van der Waals surface area contributed by atoms with E-state index >= 15 is 0 Å². The van der Waals surface area contributed by atoms with Crippen molar-refractivity contribution in [3.8, 4) is 11.5 Å². The third kappa shape index (κ3) is 7.13. The van der Waals surface area contributed by atoms with Crippen molar-refractivity contribution >= 4 is 11.8 Å². The molecular formula is C21H30N4O5. The fraction of sp³-hybridized carbons (Fsp3) is 0.571. The molecule has 0 aliphatic heterocycles. The number of phenolic OH excluding ortho intramolecular Hbond substituents is 1. The van der Waals surface area contributed by atoms with Gasteiger partial charge in [-0.1, -0.05) is 13.3 Å². The predicted molar refractivity (Wildman–Crippen MR) is 110 cm³/mol. The molecule has 164 valence electrons. The first-order chi connectivity index (χ1) is 14.4. The van der Waals surface area contributed by atoms with Crippen LogP contribution in [0, 0.1) is 0 Å². The normalized spacial score (nSPS) is 10.9. The summed E-state index contributed by atoms with van der Waals surface area (Å²) >= 11 is 0. The molecule has 1 aromatic carbocycles. The van der Waals surface area contributed by atoms with Crippen LogP contribution < -0.4 is 4.74 Å². The van der Waals surface area contributed by atoms with Crippen LogP contribution in [0.5, 0.6) is 11.5 Å². The van der Waals surface area contributed by atoms with Crippen LogP contribution in [0.4, 0.5) is 0 Å². The second kappa shape index (κ2) is 11.9. The van der Waals surface area contributed by atoms with Gasteiger partial charge in [0.15, 0.2) is 11.6 Å². The number of carbonyl (C=O) groups is 2. The Hall–Kier alpha value is -2.97. The molecule has 0 aliphatic carbocycles. The highest BCUT2D eigenvalue weighted by molar-refractivity contribution is 5.97. The lowest BCUT2D eigenvalue weighted by Crippen LogP contribution is -2.05. The minimum absolute atomic E-state index is 0.0195. The fourth-order valence-electron chi connectivity index (χ4n) is 3.10. The Labute approximate surface area is 176 Å². The highest BCUT2D eigenvalue weighted by atomic mass is 16.5. The number of aromatic nitrogens is 4. The first-order valence-electron chi connectivity index (χ1n) is 10.4. The molecule has 0 saturated carbocycles. The van der Waals surface area contributed by atoms with Crippen LogP contribution in [-0.4, -0.2) is 48.8 Å². The maximum absolute atomic E-state index is 11.6. The Morgan fingerprint density at radius 2 is 1.93 bits per heavy atom. The first-order valence-corrected chi connectivity index (χ1v) is 10.4. The van der Waals surface area contributed by atoms with E-state index in [1.807, 2.05) is 6.92 Å². The Kier molecular flexibility index (Phi) is 9.24. The zero-order valence-electron chi connectivity index (χ0n) is 17.6. The summed E-state index contributed by atoms with van der Waals surface area (Å²) in [4.78, 5) is 23.6. The second-order valence-electron chi connectivity index (χ2n) is 7.20. The van der Waals surface area contributed by atoms with Crippen molar-refractivity contribution in [2.24, 2.45) is 0 Å². The largest absolute Gasteiger partial charge is 0.507 e. The van der Waals surface area contributed by atoms with Gasteiger partial charge in [-0.3, -0.25) is 9.59 Å². The van der Waals surface area contributed by atoms with Gasteiger partial charge in [0.25, 0.3) is 0 Å². The molecule has 0 bridgehead atoms. The summed E-state index contributed by atoms with van der Waals surface area (Å²) in [6.45, 7) is 4.49. The molecule has 1 heterocycles.